The summed E-state index contributed by atoms with van der Waals surface area (Å²) in [5.41, 5.74) is 3.19. The highest BCUT2D eigenvalue weighted by atomic mass is 35.5. The first-order chi connectivity index (χ1) is 12.0. The van der Waals surface area contributed by atoms with Gasteiger partial charge in [-0.3, -0.25) is 19.8 Å². The molecule has 1 heterocycles. The van der Waals surface area contributed by atoms with Gasteiger partial charge in [-0.25, -0.2) is 0 Å². The zero-order valence-corrected chi connectivity index (χ0v) is 14.3. The Bertz CT molecular complexity index is 776. The quantitative estimate of drug-likeness (QED) is 0.657. The van der Waals surface area contributed by atoms with Crippen molar-refractivity contribution in [2.24, 2.45) is 23.7 Å². The van der Waals surface area contributed by atoms with E-state index < -0.39 is 5.91 Å². The number of benzene rings is 1. The lowest BCUT2D eigenvalue weighted by Crippen LogP contribution is -2.48. The van der Waals surface area contributed by atoms with Crippen LogP contribution in [0.5, 0.6) is 5.75 Å². The van der Waals surface area contributed by atoms with E-state index in [-0.39, 0.29) is 42.1 Å². The number of carbonyl (C=O) groups excluding carboxylic acids is 3. The molecule has 4 atom stereocenters. The SMILES string of the molecule is Cc1cc(Cl)ccc1OCC(=O)NN1C(=O)[C@@H]2[C@H](C1=O)[C@H]1C=C[C@@H]2C1. The minimum absolute atomic E-state index is 0.112. The van der Waals surface area contributed by atoms with E-state index in [1.807, 2.05) is 19.1 Å². The van der Waals surface area contributed by atoms with Gasteiger partial charge in [-0.05, 0) is 48.9 Å². The summed E-state index contributed by atoms with van der Waals surface area (Å²) in [6, 6.07) is 5.07. The molecule has 6 nitrogen and oxygen atoms in total. The fourth-order valence-electron chi connectivity index (χ4n) is 4.09. The number of hydrazine groups is 1. The zero-order valence-electron chi connectivity index (χ0n) is 13.6. The summed E-state index contributed by atoms with van der Waals surface area (Å²) in [6.07, 6.45) is 4.87. The average Bonchev–Trinajstić information content (AvgIpc) is 3.24. The number of hydrogen-bond acceptors (Lipinski definition) is 4. The number of aryl methyl sites for hydroxylation is 1. The molecule has 0 aromatic heterocycles. The van der Waals surface area contributed by atoms with E-state index >= 15 is 0 Å². The standard InChI is InChI=1S/C18H17ClN2O4/c1-9-6-12(19)4-5-13(9)25-8-14(22)20-21-17(23)15-10-2-3-11(7-10)16(15)18(21)24/h2-6,10-11,15-16H,7-8H2,1H3,(H,20,22)/t10-,11+,15+,16-. The maximum absolute atomic E-state index is 12.5. The summed E-state index contributed by atoms with van der Waals surface area (Å²) in [5, 5.41) is 1.46. The highest BCUT2D eigenvalue weighted by Crippen LogP contribution is 2.52. The van der Waals surface area contributed by atoms with Crippen molar-refractivity contribution in [3.8, 4) is 5.75 Å². The summed E-state index contributed by atoms with van der Waals surface area (Å²) in [5.74, 6) is -1.09. The molecule has 130 valence electrons. The van der Waals surface area contributed by atoms with Crippen LogP contribution in [0.4, 0.5) is 0 Å². The van der Waals surface area contributed by atoms with Crippen molar-refractivity contribution in [1.29, 1.82) is 0 Å². The molecule has 1 N–H and O–H groups in total. The molecule has 0 unspecified atom stereocenters. The van der Waals surface area contributed by atoms with Gasteiger partial charge >= 0.3 is 0 Å². The second kappa shape index (κ2) is 5.88. The largest absolute Gasteiger partial charge is 0.483 e. The minimum Gasteiger partial charge on any atom is -0.483 e. The Balaban J connectivity index is 1.38. The Hall–Kier alpha value is -2.34. The van der Waals surface area contributed by atoms with E-state index in [4.69, 9.17) is 16.3 Å². The summed E-state index contributed by atoms with van der Waals surface area (Å²) < 4.78 is 5.45. The van der Waals surface area contributed by atoms with Crippen molar-refractivity contribution in [3.05, 3.63) is 40.9 Å². The monoisotopic (exact) mass is 360 g/mol. The maximum atomic E-state index is 12.5. The van der Waals surface area contributed by atoms with Gasteiger partial charge in [-0.2, -0.15) is 5.01 Å². The number of carbonyl (C=O) groups is 3. The zero-order chi connectivity index (χ0) is 17.7. The number of hydrogen-bond donors (Lipinski definition) is 1. The van der Waals surface area contributed by atoms with Gasteiger partial charge in [-0.15, -0.1) is 0 Å². The molecule has 2 bridgehead atoms. The lowest BCUT2D eigenvalue weighted by atomic mass is 9.85. The second-order valence-corrected chi connectivity index (χ2v) is 7.18. The van der Waals surface area contributed by atoms with Gasteiger partial charge in [0.25, 0.3) is 17.7 Å². The van der Waals surface area contributed by atoms with E-state index in [2.05, 4.69) is 5.43 Å². The number of nitrogens with zero attached hydrogens (tertiary/aromatic N) is 1. The molecule has 1 aliphatic heterocycles. The third kappa shape index (κ3) is 2.61. The molecule has 3 amide bonds. The number of nitrogens with one attached hydrogen (secondary N) is 1. The Morgan fingerprint density at radius 1 is 1.24 bits per heavy atom. The number of halogens is 1. The Morgan fingerprint density at radius 2 is 1.88 bits per heavy atom. The van der Waals surface area contributed by atoms with Crippen LogP contribution in [-0.4, -0.2) is 29.3 Å². The summed E-state index contributed by atoms with van der Waals surface area (Å²) in [6.45, 7) is 1.52. The summed E-state index contributed by atoms with van der Waals surface area (Å²) >= 11 is 5.88. The van der Waals surface area contributed by atoms with Crippen LogP contribution in [0.15, 0.2) is 30.4 Å². The van der Waals surface area contributed by atoms with E-state index in [1.54, 1.807) is 18.2 Å². The molecule has 1 saturated heterocycles. The molecule has 1 aromatic rings. The lowest BCUT2D eigenvalue weighted by molar-refractivity contribution is -0.150. The highest BCUT2D eigenvalue weighted by molar-refractivity contribution is 6.30. The Kier molecular flexibility index (Phi) is 3.80. The fraction of sp³-hybridized carbons (Fsp3) is 0.389. The van der Waals surface area contributed by atoms with E-state index in [0.717, 1.165) is 17.0 Å². The van der Waals surface area contributed by atoms with Crippen LogP contribution in [0.1, 0.15) is 12.0 Å². The first-order valence-electron chi connectivity index (χ1n) is 8.20. The number of rotatable bonds is 4. The molecule has 0 radical (unpaired) electrons. The molecule has 1 saturated carbocycles. The van der Waals surface area contributed by atoms with E-state index in [9.17, 15) is 14.4 Å². The van der Waals surface area contributed by atoms with Gasteiger partial charge < -0.3 is 4.74 Å². The average molecular weight is 361 g/mol. The van der Waals surface area contributed by atoms with Crippen LogP contribution in [0.25, 0.3) is 0 Å². The van der Waals surface area contributed by atoms with Gasteiger partial charge in [0, 0.05) is 5.02 Å². The van der Waals surface area contributed by atoms with Gasteiger partial charge in [0.2, 0.25) is 0 Å². The third-order valence-corrected chi connectivity index (χ3v) is 5.44. The molecular formula is C18H17ClN2O4. The highest BCUT2D eigenvalue weighted by Gasteiger charge is 2.59. The van der Waals surface area contributed by atoms with Gasteiger partial charge in [-0.1, -0.05) is 23.8 Å². The van der Waals surface area contributed by atoms with Crippen LogP contribution < -0.4 is 10.2 Å². The number of amides is 3. The number of allylic oxidation sites excluding steroid dienone is 2. The minimum atomic E-state index is -0.545. The first kappa shape index (κ1) is 16.1. The molecule has 2 fully saturated rings. The van der Waals surface area contributed by atoms with Crippen molar-refractivity contribution in [2.75, 3.05) is 6.61 Å². The molecule has 1 aromatic carbocycles. The molecule has 3 aliphatic rings. The van der Waals surface area contributed by atoms with Gasteiger partial charge in [0.15, 0.2) is 6.61 Å². The number of ether oxygens (including phenoxy) is 1. The normalized spacial score (nSPS) is 29.3. The molecular weight excluding hydrogens is 344 g/mol. The molecule has 0 spiro atoms. The van der Waals surface area contributed by atoms with Crippen molar-refractivity contribution in [2.45, 2.75) is 13.3 Å². The maximum Gasteiger partial charge on any atom is 0.276 e. The lowest BCUT2D eigenvalue weighted by Gasteiger charge is -2.18. The predicted molar refractivity (Wildman–Crippen MR) is 89.4 cm³/mol. The van der Waals surface area contributed by atoms with Crippen molar-refractivity contribution in [3.63, 3.8) is 0 Å². The fourth-order valence-corrected chi connectivity index (χ4v) is 4.31. The smallest absolute Gasteiger partial charge is 0.276 e. The predicted octanol–water partition coefficient (Wildman–Crippen LogP) is 1.87. The van der Waals surface area contributed by atoms with Gasteiger partial charge in [0.1, 0.15) is 5.75 Å². The number of fused-ring (bicyclic) bond motifs is 5. The molecule has 2 aliphatic carbocycles. The van der Waals surface area contributed by atoms with E-state index in [1.165, 1.54) is 0 Å². The topological polar surface area (TPSA) is 75.7 Å². The van der Waals surface area contributed by atoms with Crippen molar-refractivity contribution < 1.29 is 19.1 Å². The summed E-state index contributed by atoms with van der Waals surface area (Å²) in [4.78, 5) is 37.1. The van der Waals surface area contributed by atoms with Crippen molar-refractivity contribution in [1.82, 2.24) is 10.4 Å². The van der Waals surface area contributed by atoms with Crippen molar-refractivity contribution >= 4 is 29.3 Å². The second-order valence-electron chi connectivity index (χ2n) is 6.75. The Morgan fingerprint density at radius 3 is 2.48 bits per heavy atom. The third-order valence-electron chi connectivity index (χ3n) is 5.20. The summed E-state index contributed by atoms with van der Waals surface area (Å²) in [7, 11) is 0. The Labute approximate surface area is 149 Å². The first-order valence-corrected chi connectivity index (χ1v) is 8.58. The van der Waals surface area contributed by atoms with Crippen LogP contribution >= 0.6 is 11.6 Å². The van der Waals surface area contributed by atoms with Crippen LogP contribution in [0, 0.1) is 30.6 Å². The van der Waals surface area contributed by atoms with Gasteiger partial charge in [0.05, 0.1) is 11.8 Å². The van der Waals surface area contributed by atoms with Crippen LogP contribution in [-0.2, 0) is 14.4 Å². The van der Waals surface area contributed by atoms with E-state index in [0.29, 0.717) is 10.8 Å². The van der Waals surface area contributed by atoms with Crippen LogP contribution in [0.3, 0.4) is 0 Å². The molecule has 7 heteroatoms. The molecule has 4 rings (SSSR count). The molecule has 25 heavy (non-hydrogen) atoms. The van der Waals surface area contributed by atoms with Crippen LogP contribution in [0.2, 0.25) is 5.02 Å². The number of imide groups is 1.